The van der Waals surface area contributed by atoms with Crippen LogP contribution >= 0.6 is 11.5 Å². The third kappa shape index (κ3) is 3.11. The van der Waals surface area contributed by atoms with Crippen LogP contribution in [0.1, 0.15) is 40.5 Å². The molecular formula is C19H18FN5O2S. The van der Waals surface area contributed by atoms with Crippen molar-refractivity contribution in [2.24, 2.45) is 0 Å². The van der Waals surface area contributed by atoms with Gasteiger partial charge in [0.15, 0.2) is 10.8 Å². The van der Waals surface area contributed by atoms with Crippen molar-refractivity contribution in [2.75, 3.05) is 6.54 Å². The molecular weight excluding hydrogens is 381 g/mol. The maximum atomic E-state index is 13.2. The molecule has 144 valence electrons. The Morgan fingerprint density at radius 3 is 2.68 bits per heavy atom. The summed E-state index contributed by atoms with van der Waals surface area (Å²) in [5.74, 6) is 0.793. The summed E-state index contributed by atoms with van der Waals surface area (Å²) in [5.41, 5.74) is 1.90. The van der Waals surface area contributed by atoms with Gasteiger partial charge in [-0.2, -0.15) is 4.37 Å². The van der Waals surface area contributed by atoms with Crippen LogP contribution in [0, 0.1) is 12.7 Å². The van der Waals surface area contributed by atoms with Crippen molar-refractivity contribution in [1.82, 2.24) is 23.8 Å². The van der Waals surface area contributed by atoms with Gasteiger partial charge in [0, 0.05) is 25.1 Å². The Balaban J connectivity index is 1.73. The molecule has 4 rings (SSSR count). The number of imidazole rings is 1. The van der Waals surface area contributed by atoms with Crippen LogP contribution in [0.15, 0.2) is 24.3 Å². The molecule has 0 spiro atoms. The van der Waals surface area contributed by atoms with Crippen molar-refractivity contribution in [3.05, 3.63) is 52.9 Å². The highest BCUT2D eigenvalue weighted by Gasteiger charge is 2.34. The molecule has 0 saturated carbocycles. The first-order valence-corrected chi connectivity index (χ1v) is 9.67. The normalized spacial score (nSPS) is 16.1. The number of hydrogen-bond donors (Lipinski definition) is 0. The Bertz CT molecular complexity index is 1040. The third-order valence-electron chi connectivity index (χ3n) is 4.86. The minimum atomic E-state index is -0.383. The second-order valence-electron chi connectivity index (χ2n) is 6.62. The number of carbonyl (C=O) groups excluding carboxylic acids is 2. The van der Waals surface area contributed by atoms with Gasteiger partial charge in [0.1, 0.15) is 17.9 Å². The monoisotopic (exact) mass is 399 g/mol. The standard InChI is InChI=1S/C19H18FN5O2S/c1-11-16-15(7-10-26)22-17(18-21-12(2)23-28-18)25(16)9-8-24(11)19(27)13-3-5-14(20)6-4-13/h3-6,10-11H,7-9H2,1-2H3. The van der Waals surface area contributed by atoms with Gasteiger partial charge < -0.3 is 14.3 Å². The maximum Gasteiger partial charge on any atom is 0.254 e. The highest BCUT2D eigenvalue weighted by Crippen LogP contribution is 2.34. The van der Waals surface area contributed by atoms with Gasteiger partial charge >= 0.3 is 0 Å². The van der Waals surface area contributed by atoms with E-state index in [-0.39, 0.29) is 24.2 Å². The van der Waals surface area contributed by atoms with Crippen LogP contribution in [0.25, 0.3) is 10.8 Å². The van der Waals surface area contributed by atoms with E-state index in [4.69, 9.17) is 0 Å². The zero-order chi connectivity index (χ0) is 19.8. The van der Waals surface area contributed by atoms with Gasteiger partial charge in [0.2, 0.25) is 0 Å². The van der Waals surface area contributed by atoms with Crippen LogP contribution in [-0.4, -0.2) is 42.5 Å². The predicted molar refractivity (Wildman–Crippen MR) is 101 cm³/mol. The Morgan fingerprint density at radius 2 is 2.04 bits per heavy atom. The first-order valence-electron chi connectivity index (χ1n) is 8.89. The molecule has 1 aromatic carbocycles. The fourth-order valence-corrected chi connectivity index (χ4v) is 4.24. The van der Waals surface area contributed by atoms with E-state index in [0.29, 0.717) is 41.0 Å². The average Bonchev–Trinajstić information content (AvgIpc) is 3.26. The van der Waals surface area contributed by atoms with Crippen LogP contribution in [0.4, 0.5) is 4.39 Å². The number of amides is 1. The highest BCUT2D eigenvalue weighted by molar-refractivity contribution is 7.09. The quantitative estimate of drug-likeness (QED) is 0.630. The summed E-state index contributed by atoms with van der Waals surface area (Å²) < 4.78 is 19.4. The average molecular weight is 399 g/mol. The maximum absolute atomic E-state index is 13.2. The fourth-order valence-electron chi connectivity index (χ4n) is 3.57. The summed E-state index contributed by atoms with van der Waals surface area (Å²) >= 11 is 1.26. The number of hydrogen-bond acceptors (Lipinski definition) is 6. The number of benzene rings is 1. The van der Waals surface area contributed by atoms with Gasteiger partial charge in [-0.25, -0.2) is 14.4 Å². The van der Waals surface area contributed by atoms with Crippen molar-refractivity contribution in [3.8, 4) is 10.8 Å². The molecule has 9 heteroatoms. The van der Waals surface area contributed by atoms with Crippen LogP contribution < -0.4 is 0 Å². The molecule has 1 unspecified atom stereocenters. The van der Waals surface area contributed by atoms with Gasteiger partial charge in [-0.15, -0.1) is 0 Å². The molecule has 28 heavy (non-hydrogen) atoms. The van der Waals surface area contributed by atoms with Crippen molar-refractivity contribution in [3.63, 3.8) is 0 Å². The van der Waals surface area contributed by atoms with E-state index in [2.05, 4.69) is 14.3 Å². The van der Waals surface area contributed by atoms with Crippen LogP contribution in [0.2, 0.25) is 0 Å². The fraction of sp³-hybridized carbons (Fsp3) is 0.316. The predicted octanol–water partition coefficient (Wildman–Crippen LogP) is 2.81. The molecule has 1 atom stereocenters. The minimum Gasteiger partial charge on any atom is -0.329 e. The molecule has 2 aromatic heterocycles. The molecule has 0 bridgehead atoms. The van der Waals surface area contributed by atoms with Crippen molar-refractivity contribution in [1.29, 1.82) is 0 Å². The lowest BCUT2D eigenvalue weighted by Crippen LogP contribution is -2.41. The third-order valence-corrected chi connectivity index (χ3v) is 5.66. The van der Waals surface area contributed by atoms with Gasteiger partial charge in [-0.3, -0.25) is 4.79 Å². The summed E-state index contributed by atoms with van der Waals surface area (Å²) in [4.78, 5) is 35.0. The summed E-state index contributed by atoms with van der Waals surface area (Å²) in [6, 6.07) is 5.24. The molecule has 1 amide bonds. The molecule has 0 fully saturated rings. The zero-order valence-corrected chi connectivity index (χ0v) is 16.2. The van der Waals surface area contributed by atoms with Gasteiger partial charge in [-0.05, 0) is 49.6 Å². The smallest absolute Gasteiger partial charge is 0.254 e. The van der Waals surface area contributed by atoms with E-state index in [1.807, 2.05) is 18.4 Å². The first-order chi connectivity index (χ1) is 13.5. The minimum absolute atomic E-state index is 0.163. The van der Waals surface area contributed by atoms with Gasteiger partial charge in [0.05, 0.1) is 17.4 Å². The molecule has 0 N–H and O–H groups in total. The number of aryl methyl sites for hydroxylation is 1. The van der Waals surface area contributed by atoms with Crippen molar-refractivity contribution >= 4 is 23.7 Å². The summed E-state index contributed by atoms with van der Waals surface area (Å²) in [6.45, 7) is 4.74. The van der Waals surface area contributed by atoms with Crippen molar-refractivity contribution < 1.29 is 14.0 Å². The Hall–Kier alpha value is -2.94. The SMILES string of the molecule is Cc1nsc(-c2nc(CC=O)c3n2CCN(C(=O)c2ccc(F)cc2)C3C)n1. The number of aromatic nitrogens is 4. The molecule has 0 saturated heterocycles. The Kier molecular flexibility index (Phi) is 4.76. The molecule has 0 radical (unpaired) electrons. The summed E-state index contributed by atoms with van der Waals surface area (Å²) in [6.07, 6.45) is 0.974. The molecule has 7 nitrogen and oxygen atoms in total. The summed E-state index contributed by atoms with van der Waals surface area (Å²) in [7, 11) is 0. The van der Waals surface area contributed by atoms with Crippen LogP contribution in [-0.2, 0) is 17.8 Å². The van der Waals surface area contributed by atoms with Crippen LogP contribution in [0.3, 0.4) is 0 Å². The van der Waals surface area contributed by atoms with Crippen molar-refractivity contribution in [2.45, 2.75) is 32.9 Å². The van der Waals surface area contributed by atoms with E-state index in [1.165, 1.54) is 35.8 Å². The van der Waals surface area contributed by atoms with E-state index >= 15 is 0 Å². The Morgan fingerprint density at radius 1 is 1.29 bits per heavy atom. The molecule has 3 aromatic rings. The number of fused-ring (bicyclic) bond motifs is 1. The Labute approximate surface area is 165 Å². The number of aldehydes is 1. The lowest BCUT2D eigenvalue weighted by atomic mass is 10.1. The zero-order valence-electron chi connectivity index (χ0n) is 15.4. The van der Waals surface area contributed by atoms with Crippen LogP contribution in [0.5, 0.6) is 0 Å². The number of halogens is 1. The second kappa shape index (κ2) is 7.23. The van der Waals surface area contributed by atoms with Gasteiger partial charge in [0.25, 0.3) is 5.91 Å². The summed E-state index contributed by atoms with van der Waals surface area (Å²) in [5, 5.41) is 0.696. The molecule has 1 aliphatic rings. The lowest BCUT2D eigenvalue weighted by Gasteiger charge is -2.35. The largest absolute Gasteiger partial charge is 0.329 e. The molecule has 1 aliphatic heterocycles. The second-order valence-corrected chi connectivity index (χ2v) is 7.37. The topological polar surface area (TPSA) is 81.0 Å². The number of carbonyl (C=O) groups is 2. The number of nitrogens with zero attached hydrogens (tertiary/aromatic N) is 5. The molecule has 3 heterocycles. The first kappa shape index (κ1) is 18.4. The van der Waals surface area contributed by atoms with E-state index in [9.17, 15) is 14.0 Å². The van der Waals surface area contributed by atoms with E-state index in [0.717, 1.165) is 12.0 Å². The van der Waals surface area contributed by atoms with E-state index in [1.54, 1.807) is 4.90 Å². The van der Waals surface area contributed by atoms with Gasteiger partial charge in [-0.1, -0.05) is 0 Å². The number of rotatable bonds is 4. The van der Waals surface area contributed by atoms with E-state index < -0.39 is 0 Å². The highest BCUT2D eigenvalue weighted by atomic mass is 32.1. The lowest BCUT2D eigenvalue weighted by molar-refractivity contribution is -0.107. The molecule has 0 aliphatic carbocycles.